The van der Waals surface area contributed by atoms with Crippen LogP contribution in [0.5, 0.6) is 0 Å². The maximum absolute atomic E-state index is 13.4. The van der Waals surface area contributed by atoms with E-state index in [4.69, 9.17) is 10.7 Å². The summed E-state index contributed by atoms with van der Waals surface area (Å²) in [5.41, 5.74) is 9.17. The minimum absolute atomic E-state index is 0.164. The van der Waals surface area contributed by atoms with Gasteiger partial charge in [-0.25, -0.2) is 9.97 Å². The van der Waals surface area contributed by atoms with Crippen molar-refractivity contribution in [2.45, 2.75) is 72.5 Å². The van der Waals surface area contributed by atoms with Crippen LogP contribution in [0.3, 0.4) is 0 Å². The molecule has 0 bridgehead atoms. The van der Waals surface area contributed by atoms with Gasteiger partial charge in [-0.2, -0.15) is 0 Å². The number of nitrogens with two attached hydrogens (primary N) is 1. The molecule has 2 atom stereocenters. The summed E-state index contributed by atoms with van der Waals surface area (Å²) >= 11 is 1.72. The summed E-state index contributed by atoms with van der Waals surface area (Å²) in [7, 11) is 0. The monoisotopic (exact) mass is 522 g/mol. The number of hydrogen-bond donors (Lipinski definition) is 2. The molecule has 3 heterocycles. The molecule has 37 heavy (non-hydrogen) atoms. The Kier molecular flexibility index (Phi) is 8.44. The van der Waals surface area contributed by atoms with Gasteiger partial charge in [0.25, 0.3) is 0 Å². The molecule has 3 N–H and O–H groups in total. The summed E-state index contributed by atoms with van der Waals surface area (Å²) in [5, 5.41) is 3.82. The zero-order valence-electron chi connectivity index (χ0n) is 22.5. The normalized spacial score (nSPS) is 18.1. The van der Waals surface area contributed by atoms with E-state index in [0.29, 0.717) is 36.4 Å². The van der Waals surface area contributed by atoms with E-state index < -0.39 is 11.8 Å². The number of anilines is 2. The number of nitrogens with zero attached hydrogens (tertiary/aromatic N) is 4. The van der Waals surface area contributed by atoms with Crippen LogP contribution < -0.4 is 11.1 Å². The fourth-order valence-electron chi connectivity index (χ4n) is 5.01. The third-order valence-corrected chi connectivity index (χ3v) is 8.25. The largest absolute Gasteiger partial charge is 0.383 e. The van der Waals surface area contributed by atoms with Gasteiger partial charge in [-0.15, -0.1) is 11.3 Å². The van der Waals surface area contributed by atoms with Gasteiger partial charge in [0.05, 0.1) is 34.7 Å². The van der Waals surface area contributed by atoms with E-state index in [0.717, 1.165) is 52.3 Å². The highest BCUT2D eigenvalue weighted by molar-refractivity contribution is 7.18. The van der Waals surface area contributed by atoms with E-state index in [1.165, 1.54) is 6.20 Å². The van der Waals surface area contributed by atoms with Crippen LogP contribution in [-0.4, -0.2) is 50.7 Å². The van der Waals surface area contributed by atoms with E-state index in [1.807, 2.05) is 6.92 Å². The molecule has 4 rings (SSSR count). The molecule has 9 heteroatoms. The Hall–Kier alpha value is -3.04. The van der Waals surface area contributed by atoms with Crippen LogP contribution in [0, 0.1) is 5.92 Å². The van der Waals surface area contributed by atoms with Gasteiger partial charge in [-0.1, -0.05) is 26.8 Å². The fraction of sp³-hybridized carbons (Fsp3) is 0.500. The second kappa shape index (κ2) is 11.6. The lowest BCUT2D eigenvalue weighted by molar-refractivity contribution is -0.146. The first-order chi connectivity index (χ1) is 17.7. The molecule has 0 unspecified atom stereocenters. The van der Waals surface area contributed by atoms with E-state index >= 15 is 0 Å². The van der Waals surface area contributed by atoms with Crippen molar-refractivity contribution in [2.24, 2.45) is 5.92 Å². The molecule has 2 aromatic heterocycles. The highest BCUT2D eigenvalue weighted by Crippen LogP contribution is 2.36. The average Bonchev–Trinajstić information content (AvgIpc) is 3.29. The number of carbonyl (C=O) groups excluding carboxylic acids is 2. The number of pyridine rings is 1. The average molecular weight is 523 g/mol. The van der Waals surface area contributed by atoms with E-state index in [2.05, 4.69) is 61.1 Å². The van der Waals surface area contributed by atoms with Crippen molar-refractivity contribution >= 4 is 44.9 Å². The van der Waals surface area contributed by atoms with Crippen molar-refractivity contribution in [3.63, 3.8) is 0 Å². The van der Waals surface area contributed by atoms with Gasteiger partial charge in [0, 0.05) is 12.6 Å². The summed E-state index contributed by atoms with van der Waals surface area (Å²) in [5.74, 6) is -0.424. The standard InChI is InChI=1S/C28H38N6O2S/c1-6-19-12-21(14-30-26(19)29)31-27(35)28(36)34-15-18(5)8-10-23(34)20-9-11-24-22(13-20)32-25(37-24)16-33(7-2)17(3)4/h9,11-14,17-18,23H,6-8,10,15-16H2,1-5H3,(H2,29,30)(H,31,35)/t18-,23+/m0/s1. The number of thiazole rings is 1. The lowest BCUT2D eigenvalue weighted by Gasteiger charge is -2.38. The summed E-state index contributed by atoms with van der Waals surface area (Å²) in [6, 6.07) is 8.35. The molecule has 0 radical (unpaired) electrons. The SMILES string of the molecule is CCc1cc(NC(=O)C(=O)N2C[C@@H](C)CC[C@@H]2c2ccc3sc(CN(CC)C(C)C)nc3c2)cnc1N. The van der Waals surface area contributed by atoms with Crippen LogP contribution in [0.25, 0.3) is 10.2 Å². The van der Waals surface area contributed by atoms with Crippen LogP contribution in [0.2, 0.25) is 0 Å². The molecule has 0 saturated carbocycles. The topological polar surface area (TPSA) is 104 Å². The van der Waals surface area contributed by atoms with E-state index in [-0.39, 0.29) is 6.04 Å². The molecule has 1 aromatic carbocycles. The second-order valence-corrected chi connectivity index (χ2v) is 11.3. The Morgan fingerprint density at radius 3 is 2.73 bits per heavy atom. The zero-order chi connectivity index (χ0) is 26.7. The van der Waals surface area contributed by atoms with Gasteiger partial charge in [0.15, 0.2) is 0 Å². The molecule has 1 aliphatic rings. The van der Waals surface area contributed by atoms with Crippen LogP contribution in [-0.2, 0) is 22.6 Å². The molecule has 3 aromatic rings. The van der Waals surface area contributed by atoms with Crippen molar-refractivity contribution in [2.75, 3.05) is 24.1 Å². The van der Waals surface area contributed by atoms with E-state index in [9.17, 15) is 9.59 Å². The number of aryl methyl sites for hydroxylation is 1. The number of carbonyl (C=O) groups is 2. The maximum Gasteiger partial charge on any atom is 0.313 e. The molecule has 0 spiro atoms. The number of piperidine rings is 1. The van der Waals surface area contributed by atoms with Crippen LogP contribution in [0.4, 0.5) is 11.5 Å². The van der Waals surface area contributed by atoms with Gasteiger partial charge < -0.3 is 16.0 Å². The lowest BCUT2D eigenvalue weighted by Crippen LogP contribution is -2.46. The highest BCUT2D eigenvalue weighted by Gasteiger charge is 2.34. The van der Waals surface area contributed by atoms with Gasteiger partial charge in [-0.05, 0) is 74.9 Å². The fourth-order valence-corrected chi connectivity index (χ4v) is 5.98. The van der Waals surface area contributed by atoms with Crippen LogP contribution in [0.15, 0.2) is 30.5 Å². The number of benzene rings is 1. The number of likely N-dealkylation sites (tertiary alicyclic amines) is 1. The quantitative estimate of drug-likeness (QED) is 0.423. The molecule has 0 aliphatic carbocycles. The molecule has 1 saturated heterocycles. The van der Waals surface area contributed by atoms with Crippen molar-refractivity contribution in [3.05, 3.63) is 46.6 Å². The zero-order valence-corrected chi connectivity index (χ0v) is 23.3. The van der Waals surface area contributed by atoms with Crippen LogP contribution in [0.1, 0.15) is 69.6 Å². The Balaban J connectivity index is 1.55. The Morgan fingerprint density at radius 2 is 2.03 bits per heavy atom. The molecular weight excluding hydrogens is 484 g/mol. The number of nitrogen functional groups attached to an aromatic ring is 1. The Bertz CT molecular complexity index is 1270. The highest BCUT2D eigenvalue weighted by atomic mass is 32.1. The molecule has 1 fully saturated rings. The summed E-state index contributed by atoms with van der Waals surface area (Å²) < 4.78 is 1.14. The first-order valence-corrected chi connectivity index (χ1v) is 14.0. The van der Waals surface area contributed by atoms with E-state index in [1.54, 1.807) is 22.3 Å². The number of fused-ring (bicyclic) bond motifs is 1. The molecule has 8 nitrogen and oxygen atoms in total. The number of amides is 2. The van der Waals surface area contributed by atoms with Crippen molar-refractivity contribution in [3.8, 4) is 0 Å². The minimum Gasteiger partial charge on any atom is -0.383 e. The predicted molar refractivity (Wildman–Crippen MR) is 150 cm³/mol. The summed E-state index contributed by atoms with van der Waals surface area (Å²) in [4.78, 5) is 39.6. The van der Waals surface area contributed by atoms with Gasteiger partial charge >= 0.3 is 11.8 Å². The Labute approximate surface area is 223 Å². The molecule has 2 amide bonds. The number of hydrogen-bond acceptors (Lipinski definition) is 7. The predicted octanol–water partition coefficient (Wildman–Crippen LogP) is 5.00. The van der Waals surface area contributed by atoms with Gasteiger partial charge in [0.2, 0.25) is 0 Å². The van der Waals surface area contributed by atoms with Crippen molar-refractivity contribution < 1.29 is 9.59 Å². The van der Waals surface area contributed by atoms with Crippen molar-refractivity contribution in [1.82, 2.24) is 19.8 Å². The lowest BCUT2D eigenvalue weighted by atomic mass is 9.89. The van der Waals surface area contributed by atoms with Gasteiger partial charge in [0.1, 0.15) is 10.8 Å². The second-order valence-electron chi connectivity index (χ2n) is 10.2. The molecular formula is C28H38N6O2S. The van der Waals surface area contributed by atoms with Crippen molar-refractivity contribution in [1.29, 1.82) is 0 Å². The summed E-state index contributed by atoms with van der Waals surface area (Å²) in [6.07, 6.45) is 3.99. The first kappa shape index (κ1) is 27.0. The summed E-state index contributed by atoms with van der Waals surface area (Å²) in [6.45, 7) is 13.0. The third kappa shape index (κ3) is 6.10. The maximum atomic E-state index is 13.4. The number of rotatable bonds is 7. The number of aromatic nitrogens is 2. The smallest absolute Gasteiger partial charge is 0.313 e. The molecule has 1 aliphatic heterocycles. The first-order valence-electron chi connectivity index (χ1n) is 13.2. The van der Waals surface area contributed by atoms with Crippen LogP contribution >= 0.6 is 11.3 Å². The third-order valence-electron chi connectivity index (χ3n) is 7.23. The Morgan fingerprint density at radius 1 is 1.24 bits per heavy atom. The van der Waals surface area contributed by atoms with Gasteiger partial charge in [-0.3, -0.25) is 14.5 Å². The minimum atomic E-state index is -0.655. The molecule has 198 valence electrons. The number of nitrogens with one attached hydrogen (secondary N) is 1.